The summed E-state index contributed by atoms with van der Waals surface area (Å²) in [7, 11) is 0. The predicted molar refractivity (Wildman–Crippen MR) is 72.2 cm³/mol. The van der Waals surface area contributed by atoms with E-state index in [9.17, 15) is 0 Å². The molecule has 88 valence electrons. The molecule has 1 heterocycles. The van der Waals surface area contributed by atoms with Crippen LogP contribution in [0.3, 0.4) is 0 Å². The van der Waals surface area contributed by atoms with E-state index in [1.165, 1.54) is 11.1 Å². The molecule has 0 aliphatic rings. The third-order valence-electron chi connectivity index (χ3n) is 2.78. The van der Waals surface area contributed by atoms with Gasteiger partial charge in [0.15, 0.2) is 0 Å². The van der Waals surface area contributed by atoms with E-state index >= 15 is 0 Å². The molecule has 2 aromatic rings. The minimum Gasteiger partial charge on any atom is -0.367 e. The molecule has 0 saturated heterocycles. The molecular weight excluding hydrogens is 208 g/mol. The average Bonchev–Trinajstić information content (AvgIpc) is 2.33. The number of nitrogens with zero attached hydrogens (tertiary/aromatic N) is 1. The third-order valence-corrected chi connectivity index (χ3v) is 2.78. The van der Waals surface area contributed by atoms with Crippen LogP contribution in [0.1, 0.15) is 18.1 Å². The molecule has 0 amide bonds. The largest absolute Gasteiger partial charge is 0.367 e. The van der Waals surface area contributed by atoms with E-state index in [0.717, 1.165) is 12.2 Å². The number of aromatic nitrogens is 1. The number of aryl methyl sites for hydroxylation is 1. The van der Waals surface area contributed by atoms with Gasteiger partial charge < -0.3 is 5.32 Å². The zero-order valence-electron chi connectivity index (χ0n) is 10.4. The number of hydrogen-bond acceptors (Lipinski definition) is 2. The molecule has 2 rings (SSSR count). The molecule has 17 heavy (non-hydrogen) atoms. The number of benzene rings is 1. The monoisotopic (exact) mass is 226 g/mol. The SMILES string of the molecule is Cc1cccnc1NC(C)Cc1ccccc1. The van der Waals surface area contributed by atoms with Gasteiger partial charge in [-0.05, 0) is 37.5 Å². The predicted octanol–water partition coefficient (Wildman–Crippen LogP) is 3.43. The molecule has 1 aromatic heterocycles. The van der Waals surface area contributed by atoms with Crippen LogP contribution in [-0.2, 0) is 6.42 Å². The number of rotatable bonds is 4. The normalized spacial score (nSPS) is 12.1. The summed E-state index contributed by atoms with van der Waals surface area (Å²) in [6.07, 6.45) is 2.83. The maximum absolute atomic E-state index is 4.35. The smallest absolute Gasteiger partial charge is 0.129 e. The Morgan fingerprint density at radius 2 is 1.88 bits per heavy atom. The molecule has 0 aliphatic carbocycles. The fraction of sp³-hybridized carbons (Fsp3) is 0.267. The van der Waals surface area contributed by atoms with Crippen molar-refractivity contribution >= 4 is 5.82 Å². The van der Waals surface area contributed by atoms with Gasteiger partial charge >= 0.3 is 0 Å². The van der Waals surface area contributed by atoms with Gasteiger partial charge in [-0.15, -0.1) is 0 Å². The van der Waals surface area contributed by atoms with Crippen LogP contribution in [0.25, 0.3) is 0 Å². The molecule has 0 saturated carbocycles. The Kier molecular flexibility index (Phi) is 3.76. The Morgan fingerprint density at radius 1 is 1.12 bits per heavy atom. The van der Waals surface area contributed by atoms with Crippen LogP contribution >= 0.6 is 0 Å². The molecular formula is C15H18N2. The highest BCUT2D eigenvalue weighted by Gasteiger charge is 2.05. The van der Waals surface area contributed by atoms with E-state index in [1.807, 2.05) is 18.3 Å². The fourth-order valence-electron chi connectivity index (χ4n) is 1.89. The number of pyridine rings is 1. The van der Waals surface area contributed by atoms with Gasteiger partial charge in [0.1, 0.15) is 5.82 Å². The van der Waals surface area contributed by atoms with Crippen LogP contribution in [0.4, 0.5) is 5.82 Å². The molecule has 2 nitrogen and oxygen atoms in total. The first-order chi connectivity index (χ1) is 8.25. The summed E-state index contributed by atoms with van der Waals surface area (Å²) in [6.45, 7) is 4.26. The van der Waals surface area contributed by atoms with Crippen LogP contribution in [-0.4, -0.2) is 11.0 Å². The maximum atomic E-state index is 4.35. The van der Waals surface area contributed by atoms with Gasteiger partial charge in [-0.1, -0.05) is 36.4 Å². The van der Waals surface area contributed by atoms with E-state index < -0.39 is 0 Å². The highest BCUT2D eigenvalue weighted by molar-refractivity contribution is 5.43. The van der Waals surface area contributed by atoms with Crippen LogP contribution in [0.15, 0.2) is 48.7 Å². The van der Waals surface area contributed by atoms with Crippen LogP contribution in [0.5, 0.6) is 0 Å². The molecule has 0 aliphatic heterocycles. The minimum atomic E-state index is 0.381. The Hall–Kier alpha value is -1.83. The number of hydrogen-bond donors (Lipinski definition) is 1. The summed E-state index contributed by atoms with van der Waals surface area (Å²) in [5.74, 6) is 0.982. The third kappa shape index (κ3) is 3.31. The highest BCUT2D eigenvalue weighted by Crippen LogP contribution is 2.12. The second-order valence-electron chi connectivity index (χ2n) is 4.40. The van der Waals surface area contributed by atoms with Crippen molar-refractivity contribution in [2.45, 2.75) is 26.3 Å². The lowest BCUT2D eigenvalue weighted by Gasteiger charge is -2.15. The van der Waals surface area contributed by atoms with Gasteiger partial charge in [-0.25, -0.2) is 4.98 Å². The fourth-order valence-corrected chi connectivity index (χ4v) is 1.89. The van der Waals surface area contributed by atoms with Crippen molar-refractivity contribution < 1.29 is 0 Å². The molecule has 1 atom stereocenters. The Morgan fingerprint density at radius 3 is 2.59 bits per heavy atom. The summed E-state index contributed by atoms with van der Waals surface area (Å²) in [5.41, 5.74) is 2.54. The second-order valence-corrected chi connectivity index (χ2v) is 4.40. The molecule has 1 aromatic carbocycles. The van der Waals surface area contributed by atoms with E-state index in [1.54, 1.807) is 0 Å². The first kappa shape index (κ1) is 11.6. The molecule has 0 spiro atoms. The maximum Gasteiger partial charge on any atom is 0.129 e. The van der Waals surface area contributed by atoms with Crippen molar-refractivity contribution in [1.82, 2.24) is 4.98 Å². The summed E-state index contributed by atoms with van der Waals surface area (Å²) < 4.78 is 0. The van der Waals surface area contributed by atoms with E-state index in [0.29, 0.717) is 6.04 Å². The van der Waals surface area contributed by atoms with Gasteiger partial charge in [0.25, 0.3) is 0 Å². The van der Waals surface area contributed by atoms with Crippen molar-refractivity contribution in [3.63, 3.8) is 0 Å². The molecule has 0 bridgehead atoms. The minimum absolute atomic E-state index is 0.381. The molecule has 0 fully saturated rings. The summed E-state index contributed by atoms with van der Waals surface area (Å²) in [4.78, 5) is 4.35. The standard InChI is InChI=1S/C15H18N2/c1-12-7-6-10-16-15(12)17-13(2)11-14-8-4-3-5-9-14/h3-10,13H,11H2,1-2H3,(H,16,17). The van der Waals surface area contributed by atoms with Crippen molar-refractivity contribution in [1.29, 1.82) is 0 Å². The Bertz CT molecular complexity index is 465. The zero-order chi connectivity index (χ0) is 12.1. The van der Waals surface area contributed by atoms with Gasteiger partial charge in [0, 0.05) is 12.2 Å². The quantitative estimate of drug-likeness (QED) is 0.864. The van der Waals surface area contributed by atoms with E-state index in [-0.39, 0.29) is 0 Å². The summed E-state index contributed by atoms with van der Waals surface area (Å²) >= 11 is 0. The molecule has 1 N–H and O–H groups in total. The summed E-state index contributed by atoms with van der Waals surface area (Å²) in [5, 5.41) is 3.45. The van der Waals surface area contributed by atoms with Crippen LogP contribution in [0.2, 0.25) is 0 Å². The van der Waals surface area contributed by atoms with Crippen molar-refractivity contribution in [3.8, 4) is 0 Å². The Labute approximate surface area is 103 Å². The van der Waals surface area contributed by atoms with Crippen LogP contribution in [0, 0.1) is 6.92 Å². The first-order valence-electron chi connectivity index (χ1n) is 5.98. The number of nitrogens with one attached hydrogen (secondary N) is 1. The first-order valence-corrected chi connectivity index (χ1v) is 5.98. The zero-order valence-corrected chi connectivity index (χ0v) is 10.4. The lowest BCUT2D eigenvalue weighted by molar-refractivity contribution is 0.783. The summed E-state index contributed by atoms with van der Waals surface area (Å²) in [6, 6.07) is 14.9. The lowest BCUT2D eigenvalue weighted by atomic mass is 10.1. The highest BCUT2D eigenvalue weighted by atomic mass is 15.0. The topological polar surface area (TPSA) is 24.9 Å². The lowest BCUT2D eigenvalue weighted by Crippen LogP contribution is -2.19. The molecule has 0 radical (unpaired) electrons. The number of anilines is 1. The van der Waals surface area contributed by atoms with Gasteiger partial charge in [-0.3, -0.25) is 0 Å². The molecule has 2 heteroatoms. The van der Waals surface area contributed by atoms with Crippen molar-refractivity contribution in [3.05, 3.63) is 59.8 Å². The average molecular weight is 226 g/mol. The van der Waals surface area contributed by atoms with Crippen molar-refractivity contribution in [2.24, 2.45) is 0 Å². The van der Waals surface area contributed by atoms with Crippen LogP contribution < -0.4 is 5.32 Å². The van der Waals surface area contributed by atoms with E-state index in [4.69, 9.17) is 0 Å². The van der Waals surface area contributed by atoms with Crippen molar-refractivity contribution in [2.75, 3.05) is 5.32 Å². The van der Waals surface area contributed by atoms with Gasteiger partial charge in [-0.2, -0.15) is 0 Å². The second kappa shape index (κ2) is 5.48. The molecule has 1 unspecified atom stereocenters. The van der Waals surface area contributed by atoms with Gasteiger partial charge in [0.2, 0.25) is 0 Å². The Balaban J connectivity index is 1.98. The van der Waals surface area contributed by atoms with Gasteiger partial charge in [0.05, 0.1) is 0 Å². The van der Waals surface area contributed by atoms with E-state index in [2.05, 4.69) is 54.5 Å².